The van der Waals surface area contributed by atoms with Crippen molar-refractivity contribution < 1.29 is 80.0 Å². The highest BCUT2D eigenvalue weighted by Gasteiger charge is 2.30. The number of carboxylic acid groups (broad SMARTS) is 1. The number of allylic oxidation sites excluding steroid dienone is 1. The van der Waals surface area contributed by atoms with Gasteiger partial charge in [-0.05, 0) is 251 Å². The molecule has 3 unspecified atom stereocenters. The van der Waals surface area contributed by atoms with Crippen LogP contribution in [0.3, 0.4) is 0 Å². The van der Waals surface area contributed by atoms with Gasteiger partial charge in [-0.1, -0.05) is 224 Å². The molecule has 21 nitrogen and oxygen atoms in total. The number of likely N-dealkylation sites (N-methyl/N-ethyl adjacent to an activating group) is 1. The molecule has 2 heterocycles. The minimum Gasteiger partial charge on any atom is -0.508 e. The van der Waals surface area contributed by atoms with Gasteiger partial charge in [-0.2, -0.15) is 0 Å². The Bertz CT molecular complexity index is 4820. The summed E-state index contributed by atoms with van der Waals surface area (Å²) >= 11 is 0. The number of aliphatic carboxylic acids is 1. The number of ether oxygens (including phenoxy) is 2. The maximum Gasteiger partial charge on any atom is 0.349 e. The number of phenolic OH excluding ortho intramolecular Hbond substituents is 4. The third-order valence-electron chi connectivity index (χ3n) is 23.3. The maximum absolute atomic E-state index is 10.8. The zero-order valence-corrected chi connectivity index (χ0v) is 80.8. The van der Waals surface area contributed by atoms with Crippen LogP contribution < -0.4 is 10.1 Å². The third kappa shape index (κ3) is 38.4. The van der Waals surface area contributed by atoms with Gasteiger partial charge < -0.3 is 75.9 Å². The number of aromatic hydroxyl groups is 4. The number of hydrogen-bond acceptors (Lipinski definition) is 20. The van der Waals surface area contributed by atoms with Gasteiger partial charge in [0.05, 0.1) is 33.0 Å². The van der Waals surface area contributed by atoms with Crippen molar-refractivity contribution in [2.45, 2.75) is 221 Å². The van der Waals surface area contributed by atoms with Crippen LogP contribution in [0.2, 0.25) is 0 Å². The van der Waals surface area contributed by atoms with Crippen LogP contribution in [-0.2, 0) is 52.2 Å². The average molecular weight is 1830 g/mol. The van der Waals surface area contributed by atoms with E-state index in [0.29, 0.717) is 71.2 Å². The van der Waals surface area contributed by atoms with Crippen molar-refractivity contribution in [3.63, 3.8) is 0 Å². The quantitative estimate of drug-likeness (QED) is 0.0106. The van der Waals surface area contributed by atoms with Gasteiger partial charge in [-0.25, -0.2) is 4.79 Å². The number of rotatable bonds is 32. The summed E-state index contributed by atoms with van der Waals surface area (Å²) in [5.74, 6) is 0.453. The topological polar surface area (TPSA) is 317 Å². The van der Waals surface area contributed by atoms with Gasteiger partial charge in [-0.15, -0.1) is 0 Å². The number of hydrogen-bond donors (Lipinski definition) is 12. The summed E-state index contributed by atoms with van der Waals surface area (Å²) in [7, 11) is 2.15. The molecule has 0 aliphatic carbocycles. The number of fused-ring (bicyclic) bond motifs is 1. The number of carbonyl (C=O) groups excluding carboxylic acids is 2. The molecule has 2 aliphatic rings. The van der Waals surface area contributed by atoms with Crippen molar-refractivity contribution in [2.24, 2.45) is 0 Å². The average Bonchev–Trinajstić information content (AvgIpc) is 0.788. The van der Waals surface area contributed by atoms with E-state index in [1.807, 2.05) is 140 Å². The van der Waals surface area contributed by atoms with Crippen molar-refractivity contribution in [2.75, 3.05) is 52.9 Å². The van der Waals surface area contributed by atoms with E-state index in [-0.39, 0.29) is 62.5 Å². The Morgan fingerprint density at radius 1 is 0.433 bits per heavy atom. The lowest BCUT2D eigenvalue weighted by Crippen LogP contribution is -2.40. The standard InChI is InChI=1S/3C22H31NO2.C16H16O3.C10H10O4.C9H8O.C7H8O2.C5H12N2/c3*1-16(2)23(17(3)4)13-12-20(19-8-6-5-7-9-19)21-14-18(15-24)10-11-22(21)25;17-10-11-6-7-15-14(8-11)13(9-16(18)19-15)12-4-2-1-3-5-12;1-7(11)14-9(10(12)13)8-5-3-2-4-6-8;10-8-4-7-9-5-2-1-3-6-9;8-5-6-1-3-7(9)4-2-6;1-7-4-2-6-3-5-7/h3*5-11,14,16-17,20,24-25H,12-13,15H2,1-4H3;1-8,13,16-18H,9-10H2;2-6,9H,1H3,(H,12,13);1-8H;1-4,8-9H,5H2;6H,2-5H2,1H3/b;;;;;7-4+;;/t2*20-;;;9-;;;/m11..1.../s1. The van der Waals surface area contributed by atoms with Gasteiger partial charge in [0.1, 0.15) is 35.0 Å². The Kier molecular flexibility index (Phi) is 50.2. The molecule has 0 spiro atoms. The second kappa shape index (κ2) is 60.6. The fourth-order valence-corrected chi connectivity index (χ4v) is 16.4. The van der Waals surface area contributed by atoms with Crippen molar-refractivity contribution in [3.8, 4) is 28.7 Å². The number of aliphatic hydroxyl groups excluding tert-OH is 6. The molecule has 11 aromatic carbocycles. The van der Waals surface area contributed by atoms with Crippen molar-refractivity contribution in [3.05, 3.63) is 369 Å². The van der Waals surface area contributed by atoms with Crippen LogP contribution in [0.25, 0.3) is 6.08 Å². The normalized spacial score (nSPS) is 14.2. The van der Waals surface area contributed by atoms with Gasteiger partial charge in [0.15, 0.2) is 6.29 Å². The molecule has 12 N–H and O–H groups in total. The lowest BCUT2D eigenvalue weighted by molar-refractivity contribution is -0.163. The van der Waals surface area contributed by atoms with Crippen molar-refractivity contribution in [1.29, 1.82) is 0 Å². The second-order valence-electron chi connectivity index (χ2n) is 35.0. The van der Waals surface area contributed by atoms with E-state index in [1.165, 1.54) is 42.8 Å². The molecule has 6 atom stereocenters. The third-order valence-corrected chi connectivity index (χ3v) is 23.3. The number of aldehydes is 1. The molecule has 720 valence electrons. The number of piperazine rings is 1. The zero-order valence-electron chi connectivity index (χ0n) is 80.8. The van der Waals surface area contributed by atoms with Crippen molar-refractivity contribution in [1.82, 2.24) is 24.9 Å². The van der Waals surface area contributed by atoms with Crippen LogP contribution in [0.5, 0.6) is 28.7 Å². The zero-order chi connectivity index (χ0) is 98.0. The summed E-state index contributed by atoms with van der Waals surface area (Å²) in [6.45, 7) is 35.5. The molecule has 21 heteroatoms. The molecular formula is C113H147N5O16. The highest BCUT2D eigenvalue weighted by Crippen LogP contribution is 2.42. The van der Waals surface area contributed by atoms with Crippen LogP contribution in [0.15, 0.2) is 285 Å². The van der Waals surface area contributed by atoms with E-state index in [1.54, 1.807) is 97.1 Å². The van der Waals surface area contributed by atoms with Crippen LogP contribution in [-0.4, -0.2) is 189 Å². The molecule has 0 bridgehead atoms. The number of benzene rings is 11. The Morgan fingerprint density at radius 2 is 0.754 bits per heavy atom. The second-order valence-corrected chi connectivity index (χ2v) is 35.0. The summed E-state index contributed by atoms with van der Waals surface area (Å²) in [5, 5.41) is 108. The first-order valence-corrected chi connectivity index (χ1v) is 46.6. The fourth-order valence-electron chi connectivity index (χ4n) is 16.4. The molecule has 13 rings (SSSR count). The Balaban J connectivity index is 0.000000243. The van der Waals surface area contributed by atoms with E-state index in [9.17, 15) is 55.2 Å². The lowest BCUT2D eigenvalue weighted by Gasteiger charge is -2.32. The van der Waals surface area contributed by atoms with Crippen molar-refractivity contribution >= 4 is 24.3 Å². The molecule has 1 saturated heterocycles. The van der Waals surface area contributed by atoms with Crippen LogP contribution >= 0.6 is 0 Å². The molecule has 1 fully saturated rings. The van der Waals surface area contributed by atoms with Gasteiger partial charge in [0.25, 0.3) is 0 Å². The Hall–Kier alpha value is -11.7. The molecular weight excluding hydrogens is 1680 g/mol. The van der Waals surface area contributed by atoms with Gasteiger partial charge in [0, 0.05) is 127 Å². The minimum atomic E-state index is -1.21. The van der Waals surface area contributed by atoms with E-state index in [4.69, 9.17) is 20.1 Å². The molecule has 0 aromatic heterocycles. The summed E-state index contributed by atoms with van der Waals surface area (Å²) in [5.41, 5.74) is 14.1. The van der Waals surface area contributed by atoms with E-state index >= 15 is 0 Å². The van der Waals surface area contributed by atoms with Crippen LogP contribution in [0.4, 0.5) is 0 Å². The number of carboxylic acids is 1. The summed E-state index contributed by atoms with van der Waals surface area (Å²) in [4.78, 5) is 41.1. The van der Waals surface area contributed by atoms with Gasteiger partial charge >= 0.3 is 11.9 Å². The largest absolute Gasteiger partial charge is 0.508 e. The van der Waals surface area contributed by atoms with E-state index in [0.717, 1.165) is 119 Å². The van der Waals surface area contributed by atoms with E-state index in [2.05, 4.69) is 168 Å². The first-order valence-electron chi connectivity index (χ1n) is 46.6. The minimum absolute atomic E-state index is 0.0113. The molecule has 2 aliphatic heterocycles. The number of nitrogens with zero attached hydrogens (tertiary/aromatic N) is 4. The number of carbonyl (C=O) groups is 3. The highest BCUT2D eigenvalue weighted by atomic mass is 16.6. The van der Waals surface area contributed by atoms with Gasteiger partial charge in [0.2, 0.25) is 6.10 Å². The van der Waals surface area contributed by atoms with E-state index < -0.39 is 24.3 Å². The molecule has 11 aromatic rings. The lowest BCUT2D eigenvalue weighted by atomic mass is 9.85. The monoisotopic (exact) mass is 1830 g/mol. The smallest absolute Gasteiger partial charge is 0.349 e. The molecule has 0 radical (unpaired) electrons. The number of phenols is 4. The summed E-state index contributed by atoms with van der Waals surface area (Å²) in [6.07, 6.45) is 5.32. The number of esters is 1. The molecule has 0 saturated carbocycles. The number of aliphatic hydroxyl groups is 6. The summed E-state index contributed by atoms with van der Waals surface area (Å²) in [6, 6.07) is 90.2. The Labute approximate surface area is 796 Å². The molecule has 0 amide bonds. The highest BCUT2D eigenvalue weighted by molar-refractivity contribution is 5.78. The molecule has 134 heavy (non-hydrogen) atoms. The first-order chi connectivity index (χ1) is 64.3. The fraction of sp³-hybridized carbons (Fsp3) is 0.372. The SMILES string of the molecule is CC(=O)O[C@@H](C(=O)O)c1ccccc1.CC(C)N(CCC(c1ccccc1)c1cc(CO)ccc1O)C(C)C.CC(C)N(CC[C@H](c1ccccc1)c1cc(CO)ccc1O)C(C)C.CC(C)N(CC[C@H](c1ccccc1)c1cc(CO)ccc1O)C(C)C.CN1CCNCC1.O=C/C=C/c1ccccc1.OCc1ccc(O)cc1.OCc1ccc2c(c1)C(c1ccccc1)CC(O)O2. The van der Waals surface area contributed by atoms with Gasteiger partial charge in [-0.3, -0.25) is 24.3 Å². The maximum atomic E-state index is 10.8. The number of nitrogens with one attached hydrogen (secondary N) is 1. The first kappa shape index (κ1) is 111. The predicted octanol–water partition coefficient (Wildman–Crippen LogP) is 19.7. The Morgan fingerprint density at radius 3 is 1.07 bits per heavy atom. The predicted molar refractivity (Wildman–Crippen MR) is 538 cm³/mol. The summed E-state index contributed by atoms with van der Waals surface area (Å²) < 4.78 is 10.1. The van der Waals surface area contributed by atoms with Crippen LogP contribution in [0, 0.1) is 0 Å². The van der Waals surface area contributed by atoms with Crippen LogP contribution in [0.1, 0.15) is 229 Å².